The minimum Gasteiger partial charge on any atom is -0.396 e. The summed E-state index contributed by atoms with van der Waals surface area (Å²) in [4.78, 5) is 2.80. The third-order valence-corrected chi connectivity index (χ3v) is 3.86. The molecule has 0 fully saturated rings. The molecule has 0 spiro atoms. The van der Waals surface area contributed by atoms with Crippen LogP contribution in [0.25, 0.3) is 0 Å². The molecule has 3 N–H and O–H groups in total. The van der Waals surface area contributed by atoms with Crippen molar-refractivity contribution in [2.75, 3.05) is 10.5 Å². The van der Waals surface area contributed by atoms with Gasteiger partial charge in [0, 0.05) is 5.02 Å². The van der Waals surface area contributed by atoms with Gasteiger partial charge in [0.1, 0.15) is 16.5 Å². The maximum atomic E-state index is 13.8. The fourth-order valence-corrected chi connectivity index (χ4v) is 2.84. The quantitative estimate of drug-likeness (QED) is 0.851. The van der Waals surface area contributed by atoms with Crippen molar-refractivity contribution >= 4 is 33.1 Å². The van der Waals surface area contributed by atoms with E-state index in [-0.39, 0.29) is 10.8 Å². The number of benzene rings is 1. The maximum absolute atomic E-state index is 13.8. The zero-order valence-corrected chi connectivity index (χ0v) is 11.3. The van der Waals surface area contributed by atoms with Crippen LogP contribution >= 0.6 is 11.6 Å². The lowest BCUT2D eigenvalue weighted by Gasteiger charge is -2.09. The topological polar surface area (TPSA) is 85.1 Å². The van der Waals surface area contributed by atoms with E-state index in [1.165, 1.54) is 0 Å². The fourth-order valence-electron chi connectivity index (χ4n) is 1.41. The van der Waals surface area contributed by atoms with Crippen molar-refractivity contribution in [1.29, 1.82) is 0 Å². The lowest BCUT2D eigenvalue weighted by Crippen LogP contribution is -2.16. The maximum Gasteiger partial charge on any atom is 0.266 e. The molecular weight excluding hydrogens is 312 g/mol. The Kier molecular flexibility index (Phi) is 3.78. The summed E-state index contributed by atoms with van der Waals surface area (Å²) in [5, 5.41) is -0.0312. The van der Waals surface area contributed by atoms with E-state index in [0.29, 0.717) is 0 Å². The van der Waals surface area contributed by atoms with E-state index in [0.717, 1.165) is 30.5 Å². The second kappa shape index (κ2) is 5.22. The first kappa shape index (κ1) is 14.5. The van der Waals surface area contributed by atoms with Crippen molar-refractivity contribution < 1.29 is 17.2 Å². The number of aromatic nitrogens is 1. The summed E-state index contributed by atoms with van der Waals surface area (Å²) in [6, 6.07) is 4.11. The molecule has 5 nitrogen and oxygen atoms in total. The van der Waals surface area contributed by atoms with Gasteiger partial charge in [-0.1, -0.05) is 11.6 Å². The number of sulfonamides is 1. The monoisotopic (exact) mass is 319 g/mol. The fraction of sp³-hybridized carbons (Fsp3) is 0. The molecule has 1 aromatic heterocycles. The van der Waals surface area contributed by atoms with Crippen molar-refractivity contribution in [2.45, 2.75) is 4.90 Å². The SMILES string of the molecule is Nc1cc(Cl)cc(S(=O)(=O)Nc2ccc(F)cn2)c1F. The van der Waals surface area contributed by atoms with Gasteiger partial charge in [0.25, 0.3) is 10.0 Å². The van der Waals surface area contributed by atoms with E-state index in [1.54, 1.807) is 0 Å². The van der Waals surface area contributed by atoms with E-state index >= 15 is 0 Å². The number of pyridine rings is 1. The Hall–Kier alpha value is -1.93. The molecule has 0 saturated carbocycles. The van der Waals surface area contributed by atoms with Gasteiger partial charge >= 0.3 is 0 Å². The Morgan fingerprint density at radius 2 is 1.95 bits per heavy atom. The van der Waals surface area contributed by atoms with Gasteiger partial charge in [-0.15, -0.1) is 0 Å². The molecule has 1 aromatic carbocycles. The van der Waals surface area contributed by atoms with Crippen LogP contribution in [0.1, 0.15) is 0 Å². The number of nitrogens with one attached hydrogen (secondary N) is 1. The Morgan fingerprint density at radius 1 is 1.25 bits per heavy atom. The number of nitrogens with two attached hydrogens (primary N) is 1. The molecule has 0 bridgehead atoms. The number of anilines is 2. The number of hydrogen-bond acceptors (Lipinski definition) is 4. The van der Waals surface area contributed by atoms with Crippen LogP contribution in [-0.2, 0) is 10.0 Å². The van der Waals surface area contributed by atoms with Crippen LogP contribution < -0.4 is 10.5 Å². The van der Waals surface area contributed by atoms with Crippen LogP contribution in [0.15, 0.2) is 35.4 Å². The second-order valence-electron chi connectivity index (χ2n) is 3.77. The minimum absolute atomic E-state index is 0.0312. The third-order valence-electron chi connectivity index (χ3n) is 2.29. The summed E-state index contributed by atoms with van der Waals surface area (Å²) in [5.74, 6) is -1.92. The Labute approximate surface area is 118 Å². The van der Waals surface area contributed by atoms with Gasteiger partial charge in [-0.3, -0.25) is 4.72 Å². The average molecular weight is 320 g/mol. The molecule has 0 amide bonds. The molecule has 0 aliphatic carbocycles. The van der Waals surface area contributed by atoms with Crippen LogP contribution in [0, 0.1) is 11.6 Å². The highest BCUT2D eigenvalue weighted by atomic mass is 35.5. The number of halogens is 3. The first-order chi connectivity index (χ1) is 9.29. The molecule has 0 radical (unpaired) electrons. The van der Waals surface area contributed by atoms with Crippen molar-refractivity contribution in [2.24, 2.45) is 0 Å². The smallest absolute Gasteiger partial charge is 0.266 e. The summed E-state index contributed by atoms with van der Waals surface area (Å²) in [5.41, 5.74) is 4.92. The number of nitrogens with zero attached hydrogens (tertiary/aromatic N) is 1. The Bertz CT molecular complexity index is 751. The molecule has 20 heavy (non-hydrogen) atoms. The summed E-state index contributed by atoms with van der Waals surface area (Å²) in [7, 11) is -4.28. The zero-order chi connectivity index (χ0) is 14.9. The van der Waals surface area contributed by atoms with E-state index in [4.69, 9.17) is 17.3 Å². The number of rotatable bonds is 3. The van der Waals surface area contributed by atoms with Gasteiger partial charge in [-0.25, -0.2) is 22.2 Å². The molecule has 0 unspecified atom stereocenters. The van der Waals surface area contributed by atoms with Crippen LogP contribution in [0.2, 0.25) is 5.02 Å². The largest absolute Gasteiger partial charge is 0.396 e. The molecule has 0 aliphatic rings. The van der Waals surface area contributed by atoms with E-state index in [9.17, 15) is 17.2 Å². The van der Waals surface area contributed by atoms with E-state index < -0.39 is 32.2 Å². The van der Waals surface area contributed by atoms with Gasteiger partial charge in [0.05, 0.1) is 11.9 Å². The predicted molar refractivity (Wildman–Crippen MR) is 70.8 cm³/mol. The summed E-state index contributed by atoms with van der Waals surface area (Å²) >= 11 is 5.65. The van der Waals surface area contributed by atoms with Gasteiger partial charge in [-0.05, 0) is 24.3 Å². The average Bonchev–Trinajstić information content (AvgIpc) is 2.36. The number of nitrogen functional groups attached to an aromatic ring is 1. The number of hydrogen-bond donors (Lipinski definition) is 2. The lowest BCUT2D eigenvalue weighted by atomic mass is 10.3. The highest BCUT2D eigenvalue weighted by Gasteiger charge is 2.22. The van der Waals surface area contributed by atoms with Crippen molar-refractivity contribution in [1.82, 2.24) is 4.98 Å². The van der Waals surface area contributed by atoms with Gasteiger partial charge < -0.3 is 5.73 Å². The first-order valence-electron chi connectivity index (χ1n) is 5.18. The van der Waals surface area contributed by atoms with Gasteiger partial charge in [0.2, 0.25) is 0 Å². The molecule has 1 heterocycles. The lowest BCUT2D eigenvalue weighted by molar-refractivity contribution is 0.572. The predicted octanol–water partition coefficient (Wildman–Crippen LogP) is 2.40. The normalized spacial score (nSPS) is 11.3. The third kappa shape index (κ3) is 2.97. The summed E-state index contributed by atoms with van der Waals surface area (Å²) in [6.07, 6.45) is 0.820. The van der Waals surface area contributed by atoms with Gasteiger partial charge in [-0.2, -0.15) is 0 Å². The molecule has 0 atom stereocenters. The highest BCUT2D eigenvalue weighted by molar-refractivity contribution is 7.92. The zero-order valence-electron chi connectivity index (χ0n) is 9.77. The first-order valence-corrected chi connectivity index (χ1v) is 7.04. The minimum atomic E-state index is -4.28. The van der Waals surface area contributed by atoms with Crippen molar-refractivity contribution in [3.8, 4) is 0 Å². The Morgan fingerprint density at radius 3 is 2.55 bits per heavy atom. The van der Waals surface area contributed by atoms with Crippen LogP contribution in [0.5, 0.6) is 0 Å². The van der Waals surface area contributed by atoms with Crippen LogP contribution in [0.4, 0.5) is 20.3 Å². The van der Waals surface area contributed by atoms with Gasteiger partial charge in [0.15, 0.2) is 5.82 Å². The van der Waals surface area contributed by atoms with E-state index in [1.807, 2.05) is 4.72 Å². The Balaban J connectivity index is 2.43. The second-order valence-corrected chi connectivity index (χ2v) is 5.86. The van der Waals surface area contributed by atoms with Crippen molar-refractivity contribution in [3.05, 3.63) is 47.1 Å². The summed E-state index contributed by atoms with van der Waals surface area (Å²) in [6.45, 7) is 0. The van der Waals surface area contributed by atoms with Crippen LogP contribution in [0.3, 0.4) is 0 Å². The molecule has 2 aromatic rings. The molecule has 2 rings (SSSR count). The molecule has 9 heteroatoms. The van der Waals surface area contributed by atoms with E-state index in [2.05, 4.69) is 4.98 Å². The molecule has 0 aliphatic heterocycles. The summed E-state index contributed by atoms with van der Waals surface area (Å²) < 4.78 is 52.5. The van der Waals surface area contributed by atoms with Crippen molar-refractivity contribution in [3.63, 3.8) is 0 Å². The van der Waals surface area contributed by atoms with Crippen LogP contribution in [-0.4, -0.2) is 13.4 Å². The standard InChI is InChI=1S/C11H8ClF2N3O2S/c12-6-3-8(15)11(14)9(4-6)20(18,19)17-10-2-1-7(13)5-16-10/h1-5H,15H2,(H,16,17). The highest BCUT2D eigenvalue weighted by Crippen LogP contribution is 2.26. The molecule has 106 valence electrons. The molecule has 0 saturated heterocycles. The molecular formula is C11H8ClF2N3O2S.